The Morgan fingerprint density at radius 1 is 1.45 bits per heavy atom. The Morgan fingerprint density at radius 2 is 2.25 bits per heavy atom. The van der Waals surface area contributed by atoms with Crippen LogP contribution >= 0.6 is 23.7 Å². The third-order valence-corrected chi connectivity index (χ3v) is 4.11. The second kappa shape index (κ2) is 8.24. The molecule has 0 aliphatic carbocycles. The SMILES string of the molecule is CC(=O)NCc1ccc(C(=O)N[C@H]2CCCNC2)s1.Cl. The van der Waals surface area contributed by atoms with E-state index >= 15 is 0 Å². The van der Waals surface area contributed by atoms with Gasteiger partial charge in [-0.05, 0) is 31.5 Å². The third kappa shape index (κ3) is 5.11. The summed E-state index contributed by atoms with van der Waals surface area (Å²) in [6, 6.07) is 3.92. The van der Waals surface area contributed by atoms with Crippen LogP contribution in [-0.4, -0.2) is 30.9 Å². The zero-order valence-corrected chi connectivity index (χ0v) is 13.0. The van der Waals surface area contributed by atoms with Gasteiger partial charge in [0.05, 0.1) is 11.4 Å². The van der Waals surface area contributed by atoms with Crippen LogP contribution in [0.3, 0.4) is 0 Å². The molecular formula is C13H20ClN3O2S. The Morgan fingerprint density at radius 3 is 2.90 bits per heavy atom. The molecule has 20 heavy (non-hydrogen) atoms. The summed E-state index contributed by atoms with van der Waals surface area (Å²) in [5.41, 5.74) is 0. The van der Waals surface area contributed by atoms with Crippen LogP contribution < -0.4 is 16.0 Å². The van der Waals surface area contributed by atoms with Crippen molar-refractivity contribution < 1.29 is 9.59 Å². The van der Waals surface area contributed by atoms with Crippen LogP contribution in [0.4, 0.5) is 0 Å². The van der Waals surface area contributed by atoms with E-state index in [1.54, 1.807) is 0 Å². The molecule has 5 nitrogen and oxygen atoms in total. The quantitative estimate of drug-likeness (QED) is 0.783. The fourth-order valence-electron chi connectivity index (χ4n) is 2.04. The summed E-state index contributed by atoms with van der Waals surface area (Å²) < 4.78 is 0. The van der Waals surface area contributed by atoms with Crippen LogP contribution in [0.5, 0.6) is 0 Å². The van der Waals surface area contributed by atoms with Crippen molar-refractivity contribution in [3.8, 4) is 0 Å². The number of thiophene rings is 1. The lowest BCUT2D eigenvalue weighted by molar-refractivity contribution is -0.119. The van der Waals surface area contributed by atoms with E-state index in [2.05, 4.69) is 16.0 Å². The molecule has 0 spiro atoms. The van der Waals surface area contributed by atoms with Crippen LogP contribution in [0.2, 0.25) is 0 Å². The highest BCUT2D eigenvalue weighted by Gasteiger charge is 2.17. The molecule has 112 valence electrons. The minimum absolute atomic E-state index is 0. The molecule has 0 saturated carbocycles. The number of hydrogen-bond donors (Lipinski definition) is 3. The molecule has 3 N–H and O–H groups in total. The highest BCUT2D eigenvalue weighted by molar-refractivity contribution is 7.14. The fraction of sp³-hybridized carbons (Fsp3) is 0.538. The Labute approximate surface area is 128 Å². The molecule has 0 radical (unpaired) electrons. The molecular weight excluding hydrogens is 298 g/mol. The van der Waals surface area contributed by atoms with Crippen LogP contribution in [0.25, 0.3) is 0 Å². The average Bonchev–Trinajstić information content (AvgIpc) is 2.86. The van der Waals surface area contributed by atoms with Crippen LogP contribution in [0.1, 0.15) is 34.3 Å². The smallest absolute Gasteiger partial charge is 0.261 e. The number of piperidine rings is 1. The van der Waals surface area contributed by atoms with Crippen LogP contribution in [0.15, 0.2) is 12.1 Å². The maximum absolute atomic E-state index is 12.0. The summed E-state index contributed by atoms with van der Waals surface area (Å²) >= 11 is 1.42. The zero-order valence-electron chi connectivity index (χ0n) is 11.4. The Kier molecular flexibility index (Phi) is 6.98. The second-order valence-corrected chi connectivity index (χ2v) is 5.86. The van der Waals surface area contributed by atoms with Crippen molar-refractivity contribution in [2.75, 3.05) is 13.1 Å². The second-order valence-electron chi connectivity index (χ2n) is 4.69. The van der Waals surface area contributed by atoms with Gasteiger partial charge in [-0.15, -0.1) is 23.7 Å². The minimum Gasteiger partial charge on any atom is -0.351 e. The predicted molar refractivity (Wildman–Crippen MR) is 82.4 cm³/mol. The maximum Gasteiger partial charge on any atom is 0.261 e. The molecule has 1 aromatic heterocycles. The van der Waals surface area contributed by atoms with Crippen molar-refractivity contribution in [1.29, 1.82) is 0 Å². The molecule has 0 unspecified atom stereocenters. The van der Waals surface area contributed by atoms with Gasteiger partial charge in [0, 0.05) is 24.4 Å². The molecule has 0 aromatic carbocycles. The normalized spacial score (nSPS) is 17.9. The number of rotatable bonds is 4. The minimum atomic E-state index is -0.0623. The molecule has 2 rings (SSSR count). The molecule has 2 amide bonds. The Balaban J connectivity index is 0.00000200. The van der Waals surface area contributed by atoms with Crippen molar-refractivity contribution in [3.05, 3.63) is 21.9 Å². The first-order chi connectivity index (χ1) is 9.15. The molecule has 1 atom stereocenters. The summed E-state index contributed by atoms with van der Waals surface area (Å²) in [5.74, 6) is -0.0829. The van der Waals surface area contributed by atoms with Gasteiger partial charge in [-0.25, -0.2) is 0 Å². The first-order valence-electron chi connectivity index (χ1n) is 6.50. The lowest BCUT2D eigenvalue weighted by atomic mass is 10.1. The van der Waals surface area contributed by atoms with Crippen molar-refractivity contribution >= 4 is 35.6 Å². The molecule has 1 aliphatic heterocycles. The molecule has 7 heteroatoms. The summed E-state index contributed by atoms with van der Waals surface area (Å²) in [4.78, 5) is 24.6. The topological polar surface area (TPSA) is 70.2 Å². The van der Waals surface area contributed by atoms with E-state index in [-0.39, 0.29) is 30.3 Å². The Hall–Kier alpha value is -1.11. The molecule has 0 bridgehead atoms. The van der Waals surface area contributed by atoms with Gasteiger partial charge >= 0.3 is 0 Å². The van der Waals surface area contributed by atoms with E-state index < -0.39 is 0 Å². The van der Waals surface area contributed by atoms with Crippen molar-refractivity contribution in [1.82, 2.24) is 16.0 Å². The average molecular weight is 318 g/mol. The lowest BCUT2D eigenvalue weighted by Crippen LogP contribution is -2.45. The van der Waals surface area contributed by atoms with E-state index in [1.807, 2.05) is 12.1 Å². The van der Waals surface area contributed by atoms with E-state index in [0.717, 1.165) is 30.8 Å². The number of carbonyl (C=O) groups excluding carboxylic acids is 2. The maximum atomic E-state index is 12.0. The van der Waals surface area contributed by atoms with Crippen LogP contribution in [-0.2, 0) is 11.3 Å². The van der Waals surface area contributed by atoms with Crippen molar-refractivity contribution in [3.63, 3.8) is 0 Å². The third-order valence-electron chi connectivity index (χ3n) is 3.03. The van der Waals surface area contributed by atoms with Gasteiger partial charge in [-0.3, -0.25) is 9.59 Å². The number of halogens is 1. The largest absolute Gasteiger partial charge is 0.351 e. The Bertz CT molecular complexity index is 458. The summed E-state index contributed by atoms with van der Waals surface area (Å²) in [5, 5.41) is 9.03. The van der Waals surface area contributed by atoms with Crippen molar-refractivity contribution in [2.45, 2.75) is 32.4 Å². The summed E-state index contributed by atoms with van der Waals surface area (Å²) in [6.45, 7) is 3.84. The van der Waals surface area contributed by atoms with E-state index in [1.165, 1.54) is 18.3 Å². The molecule has 1 saturated heterocycles. The lowest BCUT2D eigenvalue weighted by Gasteiger charge is -2.23. The van der Waals surface area contributed by atoms with Gasteiger partial charge in [0.25, 0.3) is 5.91 Å². The number of carbonyl (C=O) groups is 2. The van der Waals surface area contributed by atoms with Crippen molar-refractivity contribution in [2.24, 2.45) is 0 Å². The van der Waals surface area contributed by atoms with Gasteiger partial charge in [0.15, 0.2) is 0 Å². The fourth-order valence-corrected chi connectivity index (χ4v) is 2.89. The molecule has 1 aliphatic rings. The number of amides is 2. The monoisotopic (exact) mass is 317 g/mol. The van der Waals surface area contributed by atoms with Crippen LogP contribution in [0, 0.1) is 0 Å². The van der Waals surface area contributed by atoms with E-state index in [4.69, 9.17) is 0 Å². The van der Waals surface area contributed by atoms with Gasteiger partial charge in [0.1, 0.15) is 0 Å². The predicted octanol–water partition coefficient (Wildman–Crippen LogP) is 1.29. The van der Waals surface area contributed by atoms with Gasteiger partial charge < -0.3 is 16.0 Å². The molecule has 1 aromatic rings. The van der Waals surface area contributed by atoms with E-state index in [0.29, 0.717) is 11.4 Å². The highest BCUT2D eigenvalue weighted by Crippen LogP contribution is 2.16. The molecule has 1 fully saturated rings. The summed E-state index contributed by atoms with van der Waals surface area (Å²) in [6.07, 6.45) is 2.13. The van der Waals surface area contributed by atoms with Gasteiger partial charge in [-0.1, -0.05) is 0 Å². The summed E-state index contributed by atoms with van der Waals surface area (Å²) in [7, 11) is 0. The van der Waals surface area contributed by atoms with E-state index in [9.17, 15) is 9.59 Å². The first-order valence-corrected chi connectivity index (χ1v) is 7.31. The zero-order chi connectivity index (χ0) is 13.7. The standard InChI is InChI=1S/C13H19N3O2S.ClH/c1-9(17)15-8-11-4-5-12(19-11)13(18)16-10-3-2-6-14-7-10;/h4-5,10,14H,2-3,6-8H2,1H3,(H,15,17)(H,16,18);1H/t10-;/m0./s1. The number of nitrogens with one attached hydrogen (secondary N) is 3. The van der Waals surface area contributed by atoms with Gasteiger partial charge in [0.2, 0.25) is 5.91 Å². The molecule has 2 heterocycles. The highest BCUT2D eigenvalue weighted by atomic mass is 35.5. The van der Waals surface area contributed by atoms with Gasteiger partial charge in [-0.2, -0.15) is 0 Å². The number of hydrogen-bond acceptors (Lipinski definition) is 4. The first kappa shape index (κ1) is 16.9.